The van der Waals surface area contributed by atoms with Crippen LogP contribution in [0.3, 0.4) is 0 Å². The minimum atomic E-state index is -3.55. The van der Waals surface area contributed by atoms with Crippen molar-refractivity contribution in [1.29, 1.82) is 0 Å². The number of fused-ring (bicyclic) bond motifs is 1. The Bertz CT molecular complexity index is 999. The molecule has 0 saturated carbocycles. The van der Waals surface area contributed by atoms with Gasteiger partial charge >= 0.3 is 0 Å². The van der Waals surface area contributed by atoms with E-state index in [1.165, 1.54) is 0 Å². The summed E-state index contributed by atoms with van der Waals surface area (Å²) in [7, 11) is -3.55. The van der Waals surface area contributed by atoms with Gasteiger partial charge in [-0.25, -0.2) is 13.1 Å². The number of nitrogens with one attached hydrogen (secondary N) is 2. The topological polar surface area (TPSA) is 121 Å². The highest BCUT2D eigenvalue weighted by atomic mass is 32.2. The number of anilines is 1. The van der Waals surface area contributed by atoms with Gasteiger partial charge in [0.05, 0.1) is 11.4 Å². The molecule has 25 heavy (non-hydrogen) atoms. The third-order valence-corrected chi connectivity index (χ3v) is 6.01. The van der Waals surface area contributed by atoms with Crippen LogP contribution < -0.4 is 9.62 Å². The van der Waals surface area contributed by atoms with Crippen LogP contribution in [0.15, 0.2) is 23.4 Å². The van der Waals surface area contributed by atoms with E-state index in [0.29, 0.717) is 23.6 Å². The SMILES string of the molecule is Cc1n[nH]c(C)c1S(=O)(=O)NCC1CN(c2ccc3nncn3n2)C1. The van der Waals surface area contributed by atoms with E-state index < -0.39 is 10.0 Å². The molecule has 3 aromatic rings. The van der Waals surface area contributed by atoms with Gasteiger partial charge in [0.2, 0.25) is 10.0 Å². The van der Waals surface area contributed by atoms with Crippen LogP contribution in [-0.4, -0.2) is 58.1 Å². The molecule has 0 spiro atoms. The Morgan fingerprint density at radius 2 is 2.12 bits per heavy atom. The zero-order valence-electron chi connectivity index (χ0n) is 13.8. The maximum atomic E-state index is 12.4. The number of rotatable bonds is 5. The van der Waals surface area contributed by atoms with Gasteiger partial charge in [0.1, 0.15) is 17.0 Å². The largest absolute Gasteiger partial charge is 0.354 e. The average Bonchev–Trinajstić information content (AvgIpc) is 3.11. The summed E-state index contributed by atoms with van der Waals surface area (Å²) in [4.78, 5) is 2.33. The first-order valence-corrected chi connectivity index (χ1v) is 9.35. The fraction of sp³-hybridized carbons (Fsp3) is 0.429. The Labute approximate surface area is 144 Å². The van der Waals surface area contributed by atoms with Crippen molar-refractivity contribution in [1.82, 2.24) is 34.7 Å². The van der Waals surface area contributed by atoms with E-state index in [4.69, 9.17) is 0 Å². The van der Waals surface area contributed by atoms with Crippen LogP contribution in [0, 0.1) is 19.8 Å². The number of aromatic amines is 1. The van der Waals surface area contributed by atoms with Gasteiger partial charge < -0.3 is 4.90 Å². The molecule has 0 bridgehead atoms. The predicted molar refractivity (Wildman–Crippen MR) is 89.7 cm³/mol. The van der Waals surface area contributed by atoms with Gasteiger partial charge in [-0.05, 0) is 26.0 Å². The van der Waals surface area contributed by atoms with Crippen LogP contribution in [0.4, 0.5) is 5.82 Å². The molecule has 10 nitrogen and oxygen atoms in total. The number of hydrogen-bond donors (Lipinski definition) is 2. The third kappa shape index (κ3) is 2.85. The number of nitrogens with zero attached hydrogens (tertiary/aromatic N) is 6. The van der Waals surface area contributed by atoms with Gasteiger partial charge in [-0.15, -0.1) is 15.3 Å². The second-order valence-electron chi connectivity index (χ2n) is 6.21. The van der Waals surface area contributed by atoms with Crippen LogP contribution in [0.5, 0.6) is 0 Å². The molecule has 132 valence electrons. The molecule has 4 heterocycles. The number of hydrogen-bond acceptors (Lipinski definition) is 7. The summed E-state index contributed by atoms with van der Waals surface area (Å²) in [6.07, 6.45) is 1.56. The molecule has 1 saturated heterocycles. The van der Waals surface area contributed by atoms with E-state index >= 15 is 0 Å². The highest BCUT2D eigenvalue weighted by molar-refractivity contribution is 7.89. The highest BCUT2D eigenvalue weighted by Crippen LogP contribution is 2.23. The molecule has 1 aliphatic rings. The number of sulfonamides is 1. The van der Waals surface area contributed by atoms with E-state index in [1.807, 2.05) is 12.1 Å². The summed E-state index contributed by atoms with van der Waals surface area (Å²) in [6, 6.07) is 3.75. The third-order valence-electron chi connectivity index (χ3n) is 4.32. The van der Waals surface area contributed by atoms with Crippen LogP contribution in [0.25, 0.3) is 5.65 Å². The van der Waals surface area contributed by atoms with E-state index in [0.717, 1.165) is 18.9 Å². The van der Waals surface area contributed by atoms with E-state index in [-0.39, 0.29) is 10.8 Å². The first-order valence-electron chi connectivity index (χ1n) is 7.87. The van der Waals surface area contributed by atoms with Crippen LogP contribution in [-0.2, 0) is 10.0 Å². The molecule has 0 aromatic carbocycles. The molecule has 3 aromatic heterocycles. The lowest BCUT2D eigenvalue weighted by Gasteiger charge is -2.40. The monoisotopic (exact) mass is 362 g/mol. The molecule has 1 fully saturated rings. The zero-order valence-corrected chi connectivity index (χ0v) is 14.7. The first kappa shape index (κ1) is 16.0. The minimum absolute atomic E-state index is 0.237. The first-order chi connectivity index (χ1) is 11.9. The number of aromatic nitrogens is 6. The predicted octanol–water partition coefficient (Wildman–Crippen LogP) is -0.121. The zero-order chi connectivity index (χ0) is 17.6. The van der Waals surface area contributed by atoms with Crippen molar-refractivity contribution in [3.8, 4) is 0 Å². The Balaban J connectivity index is 1.37. The summed E-state index contributed by atoms with van der Waals surface area (Å²) in [5.74, 6) is 1.06. The summed E-state index contributed by atoms with van der Waals surface area (Å²) in [5.41, 5.74) is 1.72. The lowest BCUT2D eigenvalue weighted by atomic mass is 10.0. The van der Waals surface area contributed by atoms with Gasteiger partial charge in [0, 0.05) is 25.6 Å². The fourth-order valence-corrected chi connectivity index (χ4v) is 4.49. The van der Waals surface area contributed by atoms with Gasteiger partial charge in [0.15, 0.2) is 5.65 Å². The molecule has 1 aliphatic heterocycles. The second kappa shape index (κ2) is 5.77. The molecule has 11 heteroatoms. The van der Waals surface area contributed by atoms with Crippen molar-refractivity contribution in [3.05, 3.63) is 29.8 Å². The Kier molecular flexibility index (Phi) is 3.69. The Morgan fingerprint density at radius 1 is 1.32 bits per heavy atom. The van der Waals surface area contributed by atoms with Gasteiger partial charge in [-0.3, -0.25) is 5.10 Å². The Hall–Kier alpha value is -2.53. The molecule has 0 radical (unpaired) electrons. The highest BCUT2D eigenvalue weighted by Gasteiger charge is 2.30. The quantitative estimate of drug-likeness (QED) is 0.649. The van der Waals surface area contributed by atoms with Crippen LogP contribution in [0.2, 0.25) is 0 Å². The molecule has 0 unspecified atom stereocenters. The summed E-state index contributed by atoms with van der Waals surface area (Å²) >= 11 is 0. The van der Waals surface area contributed by atoms with Gasteiger partial charge in [-0.2, -0.15) is 9.61 Å². The van der Waals surface area contributed by atoms with Crippen molar-refractivity contribution in [2.24, 2.45) is 5.92 Å². The smallest absolute Gasteiger partial charge is 0.244 e. The maximum absolute atomic E-state index is 12.4. The minimum Gasteiger partial charge on any atom is -0.354 e. The standard InChI is InChI=1S/C14H18N8O2S/c1-9-14(10(2)18-17-9)25(23,24)16-5-11-6-21(7-11)13-4-3-12-19-15-8-22(12)20-13/h3-4,8,11,16H,5-7H2,1-2H3,(H,17,18). The Morgan fingerprint density at radius 3 is 2.84 bits per heavy atom. The summed E-state index contributed by atoms with van der Waals surface area (Å²) in [5, 5.41) is 18.8. The fourth-order valence-electron chi connectivity index (χ4n) is 3.01. The molecule has 0 amide bonds. The van der Waals surface area contributed by atoms with Gasteiger partial charge in [-0.1, -0.05) is 0 Å². The normalized spacial score (nSPS) is 15.7. The van der Waals surface area contributed by atoms with Crippen molar-refractivity contribution in [3.63, 3.8) is 0 Å². The van der Waals surface area contributed by atoms with E-state index in [1.54, 1.807) is 24.7 Å². The average molecular weight is 362 g/mol. The van der Waals surface area contributed by atoms with Gasteiger partial charge in [0.25, 0.3) is 0 Å². The lowest BCUT2D eigenvalue weighted by Crippen LogP contribution is -2.52. The molecule has 2 N–H and O–H groups in total. The molecular weight excluding hydrogens is 344 g/mol. The summed E-state index contributed by atoms with van der Waals surface area (Å²) < 4.78 is 29.2. The maximum Gasteiger partial charge on any atom is 0.244 e. The van der Waals surface area contributed by atoms with Crippen molar-refractivity contribution in [2.75, 3.05) is 24.5 Å². The molecule has 0 atom stereocenters. The lowest BCUT2D eigenvalue weighted by molar-refractivity contribution is 0.401. The summed E-state index contributed by atoms with van der Waals surface area (Å²) in [6.45, 7) is 5.25. The van der Waals surface area contributed by atoms with Crippen LogP contribution >= 0.6 is 0 Å². The van der Waals surface area contributed by atoms with Crippen molar-refractivity contribution >= 4 is 21.5 Å². The second-order valence-corrected chi connectivity index (χ2v) is 7.92. The van der Waals surface area contributed by atoms with E-state index in [2.05, 4.69) is 35.1 Å². The molecule has 0 aliphatic carbocycles. The molecule has 4 rings (SSSR count). The number of aryl methyl sites for hydroxylation is 2. The van der Waals surface area contributed by atoms with Crippen molar-refractivity contribution < 1.29 is 8.42 Å². The number of H-pyrrole nitrogens is 1. The molecular formula is C14H18N8O2S. The van der Waals surface area contributed by atoms with E-state index in [9.17, 15) is 8.42 Å². The van der Waals surface area contributed by atoms with Crippen LogP contribution in [0.1, 0.15) is 11.4 Å². The van der Waals surface area contributed by atoms with Crippen molar-refractivity contribution in [2.45, 2.75) is 18.7 Å².